The first-order chi connectivity index (χ1) is 11.0. The Morgan fingerprint density at radius 1 is 1.30 bits per heavy atom. The fourth-order valence-electron chi connectivity index (χ4n) is 2.64. The maximum absolute atomic E-state index is 12.7. The summed E-state index contributed by atoms with van der Waals surface area (Å²) in [6, 6.07) is 3.64. The molecule has 3 rings (SSSR count). The number of carbonyl (C=O) groups excluding carboxylic acids is 3. The van der Waals surface area contributed by atoms with Gasteiger partial charge in [0.05, 0.1) is 19.9 Å². The van der Waals surface area contributed by atoms with E-state index in [0.717, 1.165) is 4.90 Å². The Morgan fingerprint density at radius 2 is 2.04 bits per heavy atom. The lowest BCUT2D eigenvalue weighted by Gasteiger charge is -2.18. The molecule has 2 heterocycles. The molecule has 2 aliphatic rings. The molecule has 1 saturated heterocycles. The van der Waals surface area contributed by atoms with Crippen LogP contribution in [0.2, 0.25) is 5.02 Å². The number of carbonyl (C=O) groups is 3. The predicted molar refractivity (Wildman–Crippen MR) is 80.4 cm³/mol. The summed E-state index contributed by atoms with van der Waals surface area (Å²) < 4.78 is 9.77. The smallest absolute Gasteiger partial charge is 0.355 e. The van der Waals surface area contributed by atoms with E-state index in [4.69, 9.17) is 16.3 Å². The molecule has 2 aliphatic heterocycles. The van der Waals surface area contributed by atoms with Crippen molar-refractivity contribution in [3.05, 3.63) is 23.2 Å². The van der Waals surface area contributed by atoms with Crippen LogP contribution in [-0.4, -0.2) is 43.8 Å². The fraction of sp³-hybridized carbons (Fsp3) is 0.286. The fourth-order valence-corrected chi connectivity index (χ4v) is 2.80. The summed E-state index contributed by atoms with van der Waals surface area (Å²) in [5.41, 5.74) is 2.61. The first-order valence-electron chi connectivity index (χ1n) is 6.62. The van der Waals surface area contributed by atoms with Gasteiger partial charge < -0.3 is 9.47 Å². The molecule has 1 N–H and O–H groups in total. The van der Waals surface area contributed by atoms with Gasteiger partial charge in [0.2, 0.25) is 5.91 Å². The molecule has 120 valence electrons. The van der Waals surface area contributed by atoms with Crippen molar-refractivity contribution < 1.29 is 23.9 Å². The molecule has 8 nitrogen and oxygen atoms in total. The Kier molecular flexibility index (Phi) is 3.69. The van der Waals surface area contributed by atoms with Crippen LogP contribution in [0.4, 0.5) is 5.69 Å². The van der Waals surface area contributed by atoms with E-state index < -0.39 is 29.7 Å². The van der Waals surface area contributed by atoms with Crippen molar-refractivity contribution in [1.82, 2.24) is 5.43 Å². The molecule has 1 aromatic carbocycles. The van der Waals surface area contributed by atoms with Crippen LogP contribution < -0.4 is 15.1 Å². The second-order valence-electron chi connectivity index (χ2n) is 4.90. The molecule has 1 aromatic rings. The van der Waals surface area contributed by atoms with E-state index in [1.54, 1.807) is 12.1 Å². The Morgan fingerprint density at radius 3 is 2.70 bits per heavy atom. The normalized spacial score (nSPS) is 22.6. The number of anilines is 1. The Bertz CT molecular complexity index is 748. The number of amides is 2. The zero-order chi connectivity index (χ0) is 16.7. The molecule has 0 radical (unpaired) electrons. The molecule has 0 aliphatic carbocycles. The van der Waals surface area contributed by atoms with Gasteiger partial charge in [-0.25, -0.2) is 9.69 Å². The van der Waals surface area contributed by atoms with Crippen molar-refractivity contribution in [3.8, 4) is 5.75 Å². The minimum atomic E-state index is -1.03. The third-order valence-electron chi connectivity index (χ3n) is 3.70. The topological polar surface area (TPSA) is 97.3 Å². The number of halogens is 1. The number of rotatable bonds is 3. The Hall–Kier alpha value is -2.61. The third-order valence-corrected chi connectivity index (χ3v) is 3.94. The number of hydrogen-bond donors (Lipinski definition) is 1. The van der Waals surface area contributed by atoms with Crippen molar-refractivity contribution in [1.29, 1.82) is 0 Å². The van der Waals surface area contributed by atoms with Crippen molar-refractivity contribution >= 4 is 40.8 Å². The van der Waals surface area contributed by atoms with Crippen LogP contribution in [0.1, 0.15) is 0 Å². The van der Waals surface area contributed by atoms with E-state index in [0.29, 0.717) is 10.8 Å². The highest BCUT2D eigenvalue weighted by molar-refractivity contribution is 6.46. The molecule has 0 unspecified atom stereocenters. The number of hydrazone groups is 1. The molecule has 9 heteroatoms. The maximum Gasteiger partial charge on any atom is 0.355 e. The molecule has 1 fully saturated rings. The lowest BCUT2D eigenvalue weighted by atomic mass is 9.99. The average molecular weight is 338 g/mol. The number of hydrogen-bond acceptors (Lipinski definition) is 7. The van der Waals surface area contributed by atoms with Crippen LogP contribution in [-0.2, 0) is 19.1 Å². The molecule has 0 aromatic heterocycles. The number of methoxy groups -OCH3 is 2. The van der Waals surface area contributed by atoms with Gasteiger partial charge in [0, 0.05) is 5.02 Å². The van der Waals surface area contributed by atoms with Crippen LogP contribution >= 0.6 is 11.6 Å². The number of nitrogens with zero attached hydrogens (tertiary/aromatic N) is 2. The van der Waals surface area contributed by atoms with Crippen molar-refractivity contribution in [3.63, 3.8) is 0 Å². The van der Waals surface area contributed by atoms with Gasteiger partial charge in [-0.2, -0.15) is 5.10 Å². The van der Waals surface area contributed by atoms with Gasteiger partial charge in [0.1, 0.15) is 17.7 Å². The van der Waals surface area contributed by atoms with Gasteiger partial charge in [-0.3, -0.25) is 15.0 Å². The minimum Gasteiger partial charge on any atom is -0.495 e. The number of nitrogens with one attached hydrogen (secondary N) is 1. The first kappa shape index (κ1) is 15.3. The average Bonchev–Trinajstić information content (AvgIpc) is 3.08. The van der Waals surface area contributed by atoms with E-state index in [2.05, 4.69) is 15.3 Å². The highest BCUT2D eigenvalue weighted by atomic mass is 35.5. The van der Waals surface area contributed by atoms with Crippen LogP contribution in [0.15, 0.2) is 23.3 Å². The summed E-state index contributed by atoms with van der Waals surface area (Å²) in [6.45, 7) is 0. The van der Waals surface area contributed by atoms with Gasteiger partial charge in [-0.05, 0) is 18.2 Å². The standard InChI is InChI=1S/C14H12ClN3O5/c1-22-8-4-3-6(15)5-7(8)18-12(19)9-10(13(18)20)16-17-11(9)14(21)23-2/h3-5,9-10,16H,1-2H3/t9-,10+/m1/s1. The summed E-state index contributed by atoms with van der Waals surface area (Å²) >= 11 is 5.95. The molecule has 0 spiro atoms. The predicted octanol–water partition coefficient (Wildman–Crippen LogP) is 0.339. The van der Waals surface area contributed by atoms with Crippen molar-refractivity contribution in [2.45, 2.75) is 6.04 Å². The molecule has 0 bridgehead atoms. The molecule has 0 saturated carbocycles. The van der Waals surface area contributed by atoms with E-state index in [1.165, 1.54) is 20.3 Å². The van der Waals surface area contributed by atoms with E-state index in [-0.39, 0.29) is 11.4 Å². The summed E-state index contributed by atoms with van der Waals surface area (Å²) in [5.74, 6) is -2.60. The third kappa shape index (κ3) is 2.22. The van der Waals surface area contributed by atoms with Crippen LogP contribution in [0.25, 0.3) is 0 Å². The zero-order valence-corrected chi connectivity index (χ0v) is 13.0. The number of ether oxygens (including phenoxy) is 2. The quantitative estimate of drug-likeness (QED) is 0.631. The highest BCUT2D eigenvalue weighted by Gasteiger charge is 2.56. The van der Waals surface area contributed by atoms with Crippen LogP contribution in [0.5, 0.6) is 5.75 Å². The van der Waals surface area contributed by atoms with Crippen LogP contribution in [0, 0.1) is 5.92 Å². The summed E-state index contributed by atoms with van der Waals surface area (Å²) in [6.07, 6.45) is 0. The van der Waals surface area contributed by atoms with Gasteiger partial charge in [0.25, 0.3) is 5.91 Å². The lowest BCUT2D eigenvalue weighted by molar-refractivity contribution is -0.133. The van der Waals surface area contributed by atoms with Crippen molar-refractivity contribution in [2.24, 2.45) is 11.0 Å². The number of imide groups is 1. The highest BCUT2D eigenvalue weighted by Crippen LogP contribution is 2.37. The van der Waals surface area contributed by atoms with Gasteiger partial charge in [-0.15, -0.1) is 0 Å². The SMILES string of the molecule is COC(=O)C1=NN[C@@H]2C(=O)N(c3cc(Cl)ccc3OC)C(=O)[C@@H]12. The zero-order valence-electron chi connectivity index (χ0n) is 12.2. The summed E-state index contributed by atoms with van der Waals surface area (Å²) in [4.78, 5) is 37.9. The van der Waals surface area contributed by atoms with Gasteiger partial charge in [0.15, 0.2) is 5.71 Å². The largest absolute Gasteiger partial charge is 0.495 e. The molecular formula is C14H12ClN3O5. The molecule has 23 heavy (non-hydrogen) atoms. The van der Waals surface area contributed by atoms with Crippen LogP contribution in [0.3, 0.4) is 0 Å². The maximum atomic E-state index is 12.7. The first-order valence-corrected chi connectivity index (χ1v) is 7.00. The number of fused-ring (bicyclic) bond motifs is 1. The van der Waals surface area contributed by atoms with E-state index in [9.17, 15) is 14.4 Å². The molecule has 2 atom stereocenters. The summed E-state index contributed by atoms with van der Waals surface area (Å²) in [7, 11) is 2.59. The molecule has 2 amide bonds. The number of esters is 1. The van der Waals surface area contributed by atoms with Gasteiger partial charge >= 0.3 is 5.97 Å². The van der Waals surface area contributed by atoms with Crippen molar-refractivity contribution in [2.75, 3.05) is 19.1 Å². The Labute approximate surface area is 136 Å². The molecular weight excluding hydrogens is 326 g/mol. The number of benzene rings is 1. The second kappa shape index (κ2) is 5.54. The lowest BCUT2D eigenvalue weighted by Crippen LogP contribution is -2.36. The summed E-state index contributed by atoms with van der Waals surface area (Å²) in [5, 5.41) is 4.09. The Balaban J connectivity index is 2.03. The van der Waals surface area contributed by atoms with E-state index in [1.807, 2.05) is 0 Å². The second-order valence-corrected chi connectivity index (χ2v) is 5.34. The monoisotopic (exact) mass is 337 g/mol. The van der Waals surface area contributed by atoms with Gasteiger partial charge in [-0.1, -0.05) is 11.6 Å². The van der Waals surface area contributed by atoms with E-state index >= 15 is 0 Å². The minimum absolute atomic E-state index is 0.126.